The summed E-state index contributed by atoms with van der Waals surface area (Å²) in [7, 11) is 1.57. The molecule has 6 rings (SSSR count). The highest BCUT2D eigenvalue weighted by atomic mass is 16.5. The van der Waals surface area contributed by atoms with E-state index in [0.717, 1.165) is 27.4 Å². The fourth-order valence-corrected chi connectivity index (χ4v) is 4.61. The fourth-order valence-electron chi connectivity index (χ4n) is 4.61. The normalized spacial score (nSPS) is 11.1. The van der Waals surface area contributed by atoms with E-state index in [-0.39, 0.29) is 17.0 Å². The molecular formula is C30H22N4O5. The van der Waals surface area contributed by atoms with Gasteiger partial charge in [-0.15, -0.1) is 0 Å². The molecular weight excluding hydrogens is 496 g/mol. The summed E-state index contributed by atoms with van der Waals surface area (Å²) in [6, 6.07) is 23.7. The summed E-state index contributed by atoms with van der Waals surface area (Å²) in [6.07, 6.45) is 0. The van der Waals surface area contributed by atoms with E-state index in [4.69, 9.17) is 9.15 Å². The van der Waals surface area contributed by atoms with Crippen LogP contribution in [0.4, 0.5) is 0 Å². The van der Waals surface area contributed by atoms with Crippen molar-refractivity contribution >= 4 is 44.7 Å². The van der Waals surface area contributed by atoms with Crippen LogP contribution in [0.15, 0.2) is 88.1 Å². The number of aryl methyl sites for hydroxylation is 1. The number of fused-ring (bicyclic) bond motifs is 3. The van der Waals surface area contributed by atoms with Crippen molar-refractivity contribution in [3.8, 4) is 16.9 Å². The van der Waals surface area contributed by atoms with Gasteiger partial charge in [0.25, 0.3) is 11.8 Å². The summed E-state index contributed by atoms with van der Waals surface area (Å²) in [4.78, 5) is 46.3. The van der Waals surface area contributed by atoms with Crippen molar-refractivity contribution in [3.63, 3.8) is 0 Å². The molecule has 0 fully saturated rings. The zero-order chi connectivity index (χ0) is 27.1. The van der Waals surface area contributed by atoms with Gasteiger partial charge in [-0.1, -0.05) is 42.0 Å². The van der Waals surface area contributed by atoms with Crippen molar-refractivity contribution in [1.29, 1.82) is 0 Å². The first kappa shape index (κ1) is 23.9. The molecule has 0 aliphatic heterocycles. The number of hydrogen-bond donors (Lipinski definition) is 3. The Kier molecular flexibility index (Phi) is 5.80. The minimum absolute atomic E-state index is 0.123. The van der Waals surface area contributed by atoms with Crippen LogP contribution < -0.4 is 21.2 Å². The van der Waals surface area contributed by atoms with Crippen LogP contribution in [0.25, 0.3) is 44.0 Å². The smallest absolute Gasteiger partial charge is 0.350 e. The SMILES string of the molecule is COc1ccc2[nH]c(C(=O)NNC(=O)c3cc4cc5cc(C)ccc5nc4oc3=O)c(-c3ccccc3)c2c1. The van der Waals surface area contributed by atoms with Gasteiger partial charge >= 0.3 is 5.63 Å². The molecule has 0 bridgehead atoms. The van der Waals surface area contributed by atoms with E-state index in [1.165, 1.54) is 6.07 Å². The molecule has 0 saturated heterocycles. The maximum Gasteiger partial charge on any atom is 0.350 e. The van der Waals surface area contributed by atoms with Gasteiger partial charge in [0.05, 0.1) is 12.6 Å². The number of pyridine rings is 1. The average molecular weight is 519 g/mol. The average Bonchev–Trinajstić information content (AvgIpc) is 3.33. The molecule has 6 aromatic rings. The van der Waals surface area contributed by atoms with E-state index in [1.54, 1.807) is 19.2 Å². The minimum Gasteiger partial charge on any atom is -0.497 e. The standard InChI is InChI=1S/C30H22N4O5/c1-16-8-10-23-18(12-16)13-19-14-22(30(37)39-29(19)32-23)27(35)33-34-28(36)26-25(17-6-4-3-5-7-17)21-15-20(38-2)9-11-24(21)31-26/h3-15,31H,1-2H3,(H,33,35)(H,34,36). The lowest BCUT2D eigenvalue weighted by Gasteiger charge is -2.09. The predicted molar refractivity (Wildman–Crippen MR) is 148 cm³/mol. The number of aromatic amines is 1. The van der Waals surface area contributed by atoms with E-state index in [2.05, 4.69) is 20.8 Å². The number of rotatable bonds is 4. The zero-order valence-corrected chi connectivity index (χ0v) is 21.0. The quantitative estimate of drug-likeness (QED) is 0.226. The number of nitrogens with zero attached hydrogens (tertiary/aromatic N) is 1. The number of hydrogen-bond acceptors (Lipinski definition) is 6. The largest absolute Gasteiger partial charge is 0.497 e. The number of methoxy groups -OCH3 is 1. The second-order valence-corrected chi connectivity index (χ2v) is 9.09. The molecule has 2 amide bonds. The molecule has 3 aromatic heterocycles. The van der Waals surface area contributed by atoms with Crippen LogP contribution in [0.3, 0.4) is 0 Å². The summed E-state index contributed by atoms with van der Waals surface area (Å²) in [5.74, 6) is -0.771. The van der Waals surface area contributed by atoms with Gasteiger partial charge in [0.2, 0.25) is 5.71 Å². The Morgan fingerprint density at radius 1 is 0.897 bits per heavy atom. The lowest BCUT2D eigenvalue weighted by atomic mass is 10.0. The summed E-state index contributed by atoms with van der Waals surface area (Å²) < 4.78 is 10.7. The molecule has 0 saturated carbocycles. The monoisotopic (exact) mass is 518 g/mol. The number of aromatic nitrogens is 2. The summed E-state index contributed by atoms with van der Waals surface area (Å²) >= 11 is 0. The summed E-state index contributed by atoms with van der Waals surface area (Å²) in [5, 5.41) is 2.11. The first-order valence-electron chi connectivity index (χ1n) is 12.1. The number of nitrogens with one attached hydrogen (secondary N) is 3. The van der Waals surface area contributed by atoms with E-state index in [0.29, 0.717) is 22.2 Å². The fraction of sp³-hybridized carbons (Fsp3) is 0.0667. The lowest BCUT2D eigenvalue weighted by molar-refractivity contribution is 0.0842. The van der Waals surface area contributed by atoms with Crippen molar-refractivity contribution in [2.45, 2.75) is 6.92 Å². The first-order chi connectivity index (χ1) is 18.9. The Balaban J connectivity index is 1.31. The number of hydrazine groups is 1. The molecule has 9 heteroatoms. The van der Waals surface area contributed by atoms with Crippen LogP contribution in [-0.4, -0.2) is 28.9 Å². The number of carbonyl (C=O) groups is 2. The summed E-state index contributed by atoms with van der Waals surface area (Å²) in [5.41, 5.74) is 7.87. The molecule has 39 heavy (non-hydrogen) atoms. The molecule has 0 aliphatic rings. The molecule has 3 aromatic carbocycles. The lowest BCUT2D eigenvalue weighted by Crippen LogP contribution is -2.43. The Morgan fingerprint density at radius 2 is 1.69 bits per heavy atom. The van der Waals surface area contributed by atoms with E-state index in [9.17, 15) is 14.4 Å². The van der Waals surface area contributed by atoms with Crippen LogP contribution >= 0.6 is 0 Å². The molecule has 3 heterocycles. The van der Waals surface area contributed by atoms with E-state index < -0.39 is 17.4 Å². The second-order valence-electron chi connectivity index (χ2n) is 9.09. The highest BCUT2D eigenvalue weighted by Crippen LogP contribution is 2.34. The van der Waals surface area contributed by atoms with Crippen molar-refractivity contribution in [2.75, 3.05) is 7.11 Å². The van der Waals surface area contributed by atoms with Crippen molar-refractivity contribution < 1.29 is 18.7 Å². The third-order valence-electron chi connectivity index (χ3n) is 6.50. The van der Waals surface area contributed by atoms with Gasteiger partial charge in [-0.05, 0) is 55.0 Å². The number of ether oxygens (including phenoxy) is 1. The number of H-pyrrole nitrogens is 1. The van der Waals surface area contributed by atoms with Crippen LogP contribution in [0.2, 0.25) is 0 Å². The topological polar surface area (TPSA) is 126 Å². The van der Waals surface area contributed by atoms with E-state index in [1.807, 2.05) is 67.6 Å². The van der Waals surface area contributed by atoms with Crippen LogP contribution in [0.1, 0.15) is 26.4 Å². The Labute approximate surface area is 221 Å². The third kappa shape index (κ3) is 4.36. The molecule has 192 valence electrons. The van der Waals surface area contributed by atoms with Gasteiger partial charge in [0.1, 0.15) is 17.0 Å². The van der Waals surface area contributed by atoms with Crippen LogP contribution in [-0.2, 0) is 0 Å². The molecule has 0 unspecified atom stereocenters. The molecule has 0 aliphatic carbocycles. The molecule has 9 nitrogen and oxygen atoms in total. The van der Waals surface area contributed by atoms with Crippen molar-refractivity contribution in [3.05, 3.63) is 106 Å². The van der Waals surface area contributed by atoms with Crippen molar-refractivity contribution in [2.24, 2.45) is 0 Å². The van der Waals surface area contributed by atoms with Gasteiger partial charge in [-0.3, -0.25) is 20.4 Å². The maximum absolute atomic E-state index is 13.3. The predicted octanol–water partition coefficient (Wildman–Crippen LogP) is 4.88. The van der Waals surface area contributed by atoms with Gasteiger partial charge in [-0.2, -0.15) is 0 Å². The number of carbonyl (C=O) groups excluding carboxylic acids is 2. The summed E-state index contributed by atoms with van der Waals surface area (Å²) in [6.45, 7) is 1.96. The van der Waals surface area contributed by atoms with E-state index >= 15 is 0 Å². The highest BCUT2D eigenvalue weighted by Gasteiger charge is 2.21. The van der Waals surface area contributed by atoms with Crippen LogP contribution in [0.5, 0.6) is 5.75 Å². The highest BCUT2D eigenvalue weighted by molar-refractivity contribution is 6.10. The second kappa shape index (κ2) is 9.46. The van der Waals surface area contributed by atoms with Gasteiger partial charge in [-0.25, -0.2) is 9.78 Å². The molecule has 0 radical (unpaired) electrons. The number of benzene rings is 3. The Bertz CT molecular complexity index is 1980. The molecule has 0 spiro atoms. The molecule has 3 N–H and O–H groups in total. The third-order valence-corrected chi connectivity index (χ3v) is 6.50. The van der Waals surface area contributed by atoms with Gasteiger partial charge < -0.3 is 14.1 Å². The Hall–Kier alpha value is -5.44. The van der Waals surface area contributed by atoms with Crippen molar-refractivity contribution in [1.82, 2.24) is 20.8 Å². The first-order valence-corrected chi connectivity index (χ1v) is 12.1. The number of amides is 2. The Morgan fingerprint density at radius 3 is 2.49 bits per heavy atom. The zero-order valence-electron chi connectivity index (χ0n) is 21.0. The van der Waals surface area contributed by atoms with Gasteiger partial charge in [0, 0.05) is 27.2 Å². The van der Waals surface area contributed by atoms with Crippen LogP contribution in [0, 0.1) is 6.92 Å². The van der Waals surface area contributed by atoms with Gasteiger partial charge in [0.15, 0.2) is 0 Å². The maximum atomic E-state index is 13.3. The molecule has 0 atom stereocenters. The minimum atomic E-state index is -0.865.